The number of hydrogen-bond donors (Lipinski definition) is 1. The molecule has 0 saturated heterocycles. The van der Waals surface area contributed by atoms with Crippen LogP contribution in [-0.2, 0) is 5.54 Å². The van der Waals surface area contributed by atoms with Gasteiger partial charge in [0.15, 0.2) is 5.82 Å². The number of aromatic nitrogens is 2. The van der Waals surface area contributed by atoms with E-state index >= 15 is 0 Å². The van der Waals surface area contributed by atoms with Gasteiger partial charge < -0.3 is 15.0 Å². The molecule has 1 fully saturated rings. The van der Waals surface area contributed by atoms with Crippen LogP contribution >= 0.6 is 0 Å². The summed E-state index contributed by atoms with van der Waals surface area (Å²) in [5.41, 5.74) is 6.25. The largest absolute Gasteiger partial charge is 0.435 e. The lowest BCUT2D eigenvalue weighted by Gasteiger charge is -2.34. The van der Waals surface area contributed by atoms with Gasteiger partial charge in [0.05, 0.1) is 5.54 Å². The Labute approximate surface area is 113 Å². The Kier molecular flexibility index (Phi) is 3.13. The van der Waals surface area contributed by atoms with Crippen molar-refractivity contribution in [2.45, 2.75) is 31.4 Å². The van der Waals surface area contributed by atoms with Crippen molar-refractivity contribution in [3.63, 3.8) is 0 Å². The van der Waals surface area contributed by atoms with Gasteiger partial charge in [0, 0.05) is 5.56 Å². The van der Waals surface area contributed by atoms with Crippen LogP contribution in [0, 0.1) is 0 Å². The maximum atomic E-state index is 12.0. The van der Waals surface area contributed by atoms with E-state index < -0.39 is 12.2 Å². The molecular weight excluding hydrogens is 268 g/mol. The Balaban J connectivity index is 1.79. The van der Waals surface area contributed by atoms with Gasteiger partial charge in [0.1, 0.15) is 5.75 Å². The first kappa shape index (κ1) is 13.0. The number of ether oxygens (including phenoxy) is 1. The van der Waals surface area contributed by atoms with E-state index in [0.29, 0.717) is 17.3 Å². The second kappa shape index (κ2) is 4.82. The fraction of sp³-hybridized carbons (Fsp3) is 0.385. The molecule has 1 heterocycles. The minimum Gasteiger partial charge on any atom is -0.435 e. The second-order valence-corrected chi connectivity index (χ2v) is 4.84. The molecule has 20 heavy (non-hydrogen) atoms. The summed E-state index contributed by atoms with van der Waals surface area (Å²) in [5, 5.41) is 3.89. The molecule has 3 rings (SSSR count). The molecule has 1 aromatic carbocycles. The standard InChI is InChI=1S/C13H13F2N3O2/c14-12(15)19-9-4-2-8(3-5-9)10-17-11(18-20-10)13(16)6-1-7-13/h2-5,12H,1,6-7,16H2. The fourth-order valence-electron chi connectivity index (χ4n) is 2.10. The first-order chi connectivity index (χ1) is 9.57. The van der Waals surface area contributed by atoms with Crippen LogP contribution < -0.4 is 10.5 Å². The highest BCUT2D eigenvalue weighted by molar-refractivity contribution is 5.54. The molecule has 2 N–H and O–H groups in total. The van der Waals surface area contributed by atoms with E-state index in [1.807, 2.05) is 0 Å². The lowest BCUT2D eigenvalue weighted by molar-refractivity contribution is -0.0498. The van der Waals surface area contributed by atoms with Crippen molar-refractivity contribution < 1.29 is 18.0 Å². The number of halogens is 2. The van der Waals surface area contributed by atoms with E-state index in [2.05, 4.69) is 14.9 Å². The molecule has 1 saturated carbocycles. The summed E-state index contributed by atoms with van der Waals surface area (Å²) in [4.78, 5) is 4.27. The topological polar surface area (TPSA) is 74.2 Å². The van der Waals surface area contributed by atoms with Gasteiger partial charge in [-0.25, -0.2) is 0 Å². The monoisotopic (exact) mass is 281 g/mol. The molecule has 0 radical (unpaired) electrons. The summed E-state index contributed by atoms with van der Waals surface area (Å²) in [6, 6.07) is 6.01. The molecule has 0 bridgehead atoms. The average molecular weight is 281 g/mol. The van der Waals surface area contributed by atoms with Gasteiger partial charge in [-0.3, -0.25) is 0 Å². The second-order valence-electron chi connectivity index (χ2n) is 4.84. The van der Waals surface area contributed by atoms with Crippen LogP contribution in [-0.4, -0.2) is 16.8 Å². The van der Waals surface area contributed by atoms with Gasteiger partial charge in [-0.05, 0) is 43.5 Å². The average Bonchev–Trinajstić information content (AvgIpc) is 2.86. The van der Waals surface area contributed by atoms with Crippen LogP contribution in [0.4, 0.5) is 8.78 Å². The van der Waals surface area contributed by atoms with E-state index in [0.717, 1.165) is 19.3 Å². The third-order valence-corrected chi connectivity index (χ3v) is 3.44. The van der Waals surface area contributed by atoms with Crippen molar-refractivity contribution in [1.82, 2.24) is 10.1 Å². The van der Waals surface area contributed by atoms with Gasteiger partial charge in [0.2, 0.25) is 0 Å². The summed E-state index contributed by atoms with van der Waals surface area (Å²) >= 11 is 0. The number of rotatable bonds is 4. The third kappa shape index (κ3) is 2.36. The van der Waals surface area contributed by atoms with Crippen LogP contribution in [0.1, 0.15) is 25.1 Å². The molecule has 2 aromatic rings. The van der Waals surface area contributed by atoms with Crippen molar-refractivity contribution >= 4 is 0 Å². The molecule has 0 amide bonds. The molecule has 1 aromatic heterocycles. The van der Waals surface area contributed by atoms with Gasteiger partial charge in [0.25, 0.3) is 5.89 Å². The summed E-state index contributed by atoms with van der Waals surface area (Å²) in [6.45, 7) is -2.84. The minimum absolute atomic E-state index is 0.0813. The van der Waals surface area contributed by atoms with Crippen LogP contribution in [0.5, 0.6) is 5.75 Å². The van der Waals surface area contributed by atoms with Crippen molar-refractivity contribution in [2.24, 2.45) is 5.73 Å². The smallest absolute Gasteiger partial charge is 0.387 e. The van der Waals surface area contributed by atoms with Gasteiger partial charge in [-0.2, -0.15) is 13.8 Å². The van der Waals surface area contributed by atoms with Gasteiger partial charge in [-0.15, -0.1) is 0 Å². The van der Waals surface area contributed by atoms with E-state index in [9.17, 15) is 8.78 Å². The van der Waals surface area contributed by atoms with Crippen LogP contribution in [0.3, 0.4) is 0 Å². The maximum absolute atomic E-state index is 12.0. The molecule has 0 unspecified atom stereocenters. The number of nitrogens with two attached hydrogens (primary N) is 1. The Morgan fingerprint density at radius 3 is 2.50 bits per heavy atom. The lowest BCUT2D eigenvalue weighted by atomic mass is 9.77. The van der Waals surface area contributed by atoms with E-state index in [1.165, 1.54) is 12.1 Å². The van der Waals surface area contributed by atoms with Crippen molar-refractivity contribution in [3.05, 3.63) is 30.1 Å². The Morgan fingerprint density at radius 2 is 1.95 bits per heavy atom. The Morgan fingerprint density at radius 1 is 1.25 bits per heavy atom. The van der Waals surface area contributed by atoms with Crippen molar-refractivity contribution in [1.29, 1.82) is 0 Å². The zero-order valence-corrected chi connectivity index (χ0v) is 10.6. The van der Waals surface area contributed by atoms with Crippen molar-refractivity contribution in [3.8, 4) is 17.2 Å². The van der Waals surface area contributed by atoms with Gasteiger partial charge >= 0.3 is 6.61 Å². The summed E-state index contributed by atoms with van der Waals surface area (Å²) in [6.07, 6.45) is 2.74. The molecule has 7 heteroatoms. The van der Waals surface area contributed by atoms with Crippen LogP contribution in [0.2, 0.25) is 0 Å². The maximum Gasteiger partial charge on any atom is 0.387 e. The number of nitrogens with zero attached hydrogens (tertiary/aromatic N) is 2. The first-order valence-electron chi connectivity index (χ1n) is 6.25. The minimum atomic E-state index is -2.84. The summed E-state index contributed by atoms with van der Waals surface area (Å²) in [7, 11) is 0. The predicted molar refractivity (Wildman–Crippen MR) is 66.1 cm³/mol. The van der Waals surface area contributed by atoms with Crippen LogP contribution in [0.25, 0.3) is 11.5 Å². The first-order valence-corrected chi connectivity index (χ1v) is 6.25. The summed E-state index contributed by atoms with van der Waals surface area (Å²) < 4.78 is 33.5. The molecule has 0 spiro atoms. The quantitative estimate of drug-likeness (QED) is 0.932. The number of hydrogen-bond acceptors (Lipinski definition) is 5. The normalized spacial score (nSPS) is 17.0. The Hall–Kier alpha value is -2.02. The predicted octanol–water partition coefficient (Wildman–Crippen LogP) is 2.68. The van der Waals surface area contributed by atoms with E-state index in [1.54, 1.807) is 12.1 Å². The zero-order chi connectivity index (χ0) is 14.2. The molecule has 5 nitrogen and oxygen atoms in total. The zero-order valence-electron chi connectivity index (χ0n) is 10.6. The molecular formula is C13H13F2N3O2. The van der Waals surface area contributed by atoms with E-state index in [4.69, 9.17) is 10.3 Å². The Bertz CT molecular complexity index is 594. The molecule has 1 aliphatic rings. The van der Waals surface area contributed by atoms with Gasteiger partial charge in [-0.1, -0.05) is 5.16 Å². The SMILES string of the molecule is NC1(c2noc(-c3ccc(OC(F)F)cc3)n2)CCC1. The van der Waals surface area contributed by atoms with E-state index in [-0.39, 0.29) is 5.75 Å². The molecule has 0 aliphatic heterocycles. The fourth-order valence-corrected chi connectivity index (χ4v) is 2.10. The van der Waals surface area contributed by atoms with Crippen molar-refractivity contribution in [2.75, 3.05) is 0 Å². The molecule has 0 atom stereocenters. The lowest BCUT2D eigenvalue weighted by Crippen LogP contribution is -2.44. The third-order valence-electron chi connectivity index (χ3n) is 3.44. The highest BCUT2D eigenvalue weighted by atomic mass is 19.3. The van der Waals surface area contributed by atoms with Crippen LogP contribution in [0.15, 0.2) is 28.8 Å². The number of alkyl halides is 2. The summed E-state index contributed by atoms with van der Waals surface area (Å²) in [5.74, 6) is 0.893. The molecule has 106 valence electrons. The highest BCUT2D eigenvalue weighted by Crippen LogP contribution is 2.37. The molecule has 1 aliphatic carbocycles. The highest BCUT2D eigenvalue weighted by Gasteiger charge is 2.39. The number of benzene rings is 1.